The average molecular weight is 272 g/mol. The van der Waals surface area contributed by atoms with Gasteiger partial charge in [0.25, 0.3) is 0 Å². The Kier molecular flexibility index (Phi) is 3.69. The van der Waals surface area contributed by atoms with E-state index in [2.05, 4.69) is 60.7 Å². The van der Waals surface area contributed by atoms with Gasteiger partial charge in [0.15, 0.2) is 0 Å². The van der Waals surface area contributed by atoms with Crippen molar-refractivity contribution in [2.75, 3.05) is 12.3 Å². The quantitative estimate of drug-likeness (QED) is 0.715. The van der Waals surface area contributed by atoms with Crippen molar-refractivity contribution in [1.82, 2.24) is 0 Å². The Morgan fingerprint density at radius 1 is 0.722 bits per heavy atom. The summed E-state index contributed by atoms with van der Waals surface area (Å²) in [4.78, 5) is 0. The monoisotopic (exact) mass is 272 g/mol. The zero-order valence-corrected chi connectivity index (χ0v) is 12.3. The standard InChI is InChI=1S/C16H18P2/c1-3-9-15(10-4-1)18(14-8-7-13-17-18)16-11-5-2-6-12-16/h1-6,9-12H,7-8,13-14H2. The summed E-state index contributed by atoms with van der Waals surface area (Å²) in [7, 11) is 1.68. The summed E-state index contributed by atoms with van der Waals surface area (Å²) in [6.45, 7) is -1.12. The summed E-state index contributed by atoms with van der Waals surface area (Å²) in [6, 6.07) is 22.4. The van der Waals surface area contributed by atoms with Gasteiger partial charge in [0.05, 0.1) is 0 Å². The van der Waals surface area contributed by atoms with Crippen LogP contribution in [0, 0.1) is 0 Å². The van der Waals surface area contributed by atoms with Crippen molar-refractivity contribution in [2.45, 2.75) is 12.8 Å². The van der Waals surface area contributed by atoms with Crippen LogP contribution in [0.25, 0.3) is 0 Å². The molecule has 2 aromatic carbocycles. The molecule has 0 fully saturated rings. The maximum Gasteiger partial charge on any atom is -0.0102 e. The van der Waals surface area contributed by atoms with E-state index in [-0.39, 0.29) is 0 Å². The molecule has 0 saturated carbocycles. The molecule has 1 heterocycles. The lowest BCUT2D eigenvalue weighted by Gasteiger charge is -2.30. The highest BCUT2D eigenvalue weighted by Crippen LogP contribution is 2.57. The van der Waals surface area contributed by atoms with Gasteiger partial charge in [0.2, 0.25) is 0 Å². The van der Waals surface area contributed by atoms with Crippen LogP contribution in [0.15, 0.2) is 60.7 Å². The van der Waals surface area contributed by atoms with Crippen LogP contribution in [0.4, 0.5) is 0 Å². The zero-order chi connectivity index (χ0) is 12.3. The second kappa shape index (κ2) is 5.43. The van der Waals surface area contributed by atoms with Crippen molar-refractivity contribution in [3.8, 4) is 0 Å². The van der Waals surface area contributed by atoms with Crippen LogP contribution in [0.2, 0.25) is 0 Å². The summed E-state index contributed by atoms with van der Waals surface area (Å²) in [5.41, 5.74) is 0. The molecule has 0 radical (unpaired) electrons. The predicted molar refractivity (Wildman–Crippen MR) is 85.0 cm³/mol. The highest BCUT2D eigenvalue weighted by molar-refractivity contribution is 8.13. The molecule has 3 rings (SSSR count). The van der Waals surface area contributed by atoms with E-state index in [9.17, 15) is 0 Å². The molecule has 0 N–H and O–H groups in total. The lowest BCUT2D eigenvalue weighted by atomic mass is 10.4. The fourth-order valence-electron chi connectivity index (χ4n) is 2.68. The molecule has 0 aliphatic carbocycles. The first-order valence-corrected chi connectivity index (χ1v) is 10.4. The first kappa shape index (κ1) is 12.2. The van der Waals surface area contributed by atoms with Gasteiger partial charge in [-0.3, -0.25) is 0 Å². The molecule has 0 spiro atoms. The van der Waals surface area contributed by atoms with Crippen molar-refractivity contribution >= 4 is 25.0 Å². The van der Waals surface area contributed by atoms with Gasteiger partial charge in [-0.25, -0.2) is 0 Å². The number of hydrogen-bond acceptors (Lipinski definition) is 0. The minimum atomic E-state index is -1.12. The van der Waals surface area contributed by atoms with Crippen LogP contribution >= 0.6 is 14.4 Å². The molecular formula is C16H18P2. The Hall–Kier alpha value is -0.830. The topological polar surface area (TPSA) is 0 Å². The zero-order valence-electron chi connectivity index (χ0n) is 10.5. The van der Waals surface area contributed by atoms with E-state index in [1.54, 1.807) is 18.5 Å². The van der Waals surface area contributed by atoms with E-state index in [0.29, 0.717) is 0 Å². The van der Waals surface area contributed by atoms with Crippen LogP contribution in [0.1, 0.15) is 12.8 Å². The average Bonchev–Trinajstić information content (AvgIpc) is 2.50. The summed E-state index contributed by atoms with van der Waals surface area (Å²) in [5, 5.41) is 3.19. The molecule has 1 aliphatic rings. The Morgan fingerprint density at radius 2 is 1.28 bits per heavy atom. The van der Waals surface area contributed by atoms with Crippen molar-refractivity contribution in [1.29, 1.82) is 0 Å². The third-order valence-corrected chi connectivity index (χ3v) is 11.9. The van der Waals surface area contributed by atoms with E-state index in [1.165, 1.54) is 25.2 Å². The van der Waals surface area contributed by atoms with Gasteiger partial charge < -0.3 is 0 Å². The third-order valence-electron chi connectivity index (χ3n) is 3.60. The van der Waals surface area contributed by atoms with Crippen LogP contribution < -0.4 is 10.6 Å². The summed E-state index contributed by atoms with van der Waals surface area (Å²) < 4.78 is 0. The minimum absolute atomic E-state index is 1.12. The maximum atomic E-state index is 2.35. The fraction of sp³-hybridized carbons (Fsp3) is 0.250. The fourth-order valence-corrected chi connectivity index (χ4v) is 10.8. The van der Waals surface area contributed by atoms with E-state index >= 15 is 0 Å². The van der Waals surface area contributed by atoms with E-state index in [0.717, 1.165) is 0 Å². The second-order valence-corrected chi connectivity index (χ2v) is 11.4. The molecule has 2 heteroatoms. The van der Waals surface area contributed by atoms with Gasteiger partial charge in [0, 0.05) is 0 Å². The number of benzene rings is 2. The minimum Gasteiger partial charge on any atom is -0.0993 e. The van der Waals surface area contributed by atoms with Gasteiger partial charge >= 0.3 is 0 Å². The third kappa shape index (κ3) is 2.20. The van der Waals surface area contributed by atoms with E-state index < -0.39 is 6.55 Å². The first-order chi connectivity index (χ1) is 8.92. The molecule has 0 bridgehead atoms. The van der Waals surface area contributed by atoms with Gasteiger partial charge in [-0.1, -0.05) is 68.5 Å². The molecule has 1 aliphatic heterocycles. The maximum absolute atomic E-state index is 2.35. The predicted octanol–water partition coefficient (Wildman–Crippen LogP) is 4.31. The second-order valence-electron chi connectivity index (χ2n) is 4.74. The lowest BCUT2D eigenvalue weighted by molar-refractivity contribution is 0.898. The molecule has 0 amide bonds. The highest BCUT2D eigenvalue weighted by atomic mass is 31.8. The van der Waals surface area contributed by atoms with Crippen molar-refractivity contribution in [2.24, 2.45) is 0 Å². The van der Waals surface area contributed by atoms with E-state index in [1.807, 2.05) is 0 Å². The van der Waals surface area contributed by atoms with Gasteiger partial charge in [-0.15, -0.1) is 0 Å². The van der Waals surface area contributed by atoms with Crippen LogP contribution in [-0.4, -0.2) is 12.3 Å². The normalized spacial score (nSPS) is 18.9. The van der Waals surface area contributed by atoms with Gasteiger partial charge in [0.1, 0.15) is 0 Å². The Bertz CT molecular complexity index is 515. The Balaban J connectivity index is 2.20. The van der Waals surface area contributed by atoms with Crippen molar-refractivity contribution < 1.29 is 0 Å². The van der Waals surface area contributed by atoms with Crippen LogP contribution in [0.3, 0.4) is 0 Å². The molecule has 18 heavy (non-hydrogen) atoms. The molecule has 0 atom stereocenters. The van der Waals surface area contributed by atoms with Gasteiger partial charge in [-0.05, 0) is 42.3 Å². The molecule has 0 saturated heterocycles. The molecular weight excluding hydrogens is 254 g/mol. The van der Waals surface area contributed by atoms with Crippen LogP contribution in [-0.2, 0) is 0 Å². The Morgan fingerprint density at radius 3 is 1.72 bits per heavy atom. The molecule has 2 aromatic rings. The van der Waals surface area contributed by atoms with Crippen LogP contribution in [0.5, 0.6) is 0 Å². The summed E-state index contributed by atoms with van der Waals surface area (Å²) >= 11 is 0. The smallest absolute Gasteiger partial charge is 0.0102 e. The lowest BCUT2D eigenvalue weighted by Crippen LogP contribution is -2.19. The first-order valence-electron chi connectivity index (χ1n) is 6.60. The number of rotatable bonds is 2. The highest BCUT2D eigenvalue weighted by Gasteiger charge is 2.24. The van der Waals surface area contributed by atoms with Crippen molar-refractivity contribution in [3.63, 3.8) is 0 Å². The SMILES string of the molecule is c1ccc(P2(c3ccccc3)=PCCCC2)cc1. The molecule has 92 valence electrons. The molecule has 0 aromatic heterocycles. The molecule has 0 unspecified atom stereocenters. The van der Waals surface area contributed by atoms with E-state index in [4.69, 9.17) is 0 Å². The summed E-state index contributed by atoms with van der Waals surface area (Å²) in [5.74, 6) is 0. The van der Waals surface area contributed by atoms with Crippen molar-refractivity contribution in [3.05, 3.63) is 60.7 Å². The Labute approximate surface area is 111 Å². The van der Waals surface area contributed by atoms with Gasteiger partial charge in [-0.2, -0.15) is 0 Å². The number of hydrogen-bond donors (Lipinski definition) is 0. The molecule has 0 nitrogen and oxygen atoms in total. The summed E-state index contributed by atoms with van der Waals surface area (Å²) in [6.07, 6.45) is 5.56. The largest absolute Gasteiger partial charge is 0.0993 e.